The lowest BCUT2D eigenvalue weighted by Crippen LogP contribution is -2.28. The molecule has 3 N–H and O–H groups in total. The standard InChI is InChI=1S/C14H22N2O2S/c1-10(2)14(15)9-11-3-7-13(8-4-11)19(17,18)16-12-5-6-12/h3-4,7-8,10,12,14,16H,5-6,9,15H2,1-2H3. The van der Waals surface area contributed by atoms with Gasteiger partial charge in [-0.1, -0.05) is 26.0 Å². The topological polar surface area (TPSA) is 72.2 Å². The van der Waals surface area contributed by atoms with Gasteiger partial charge in [-0.05, 0) is 42.9 Å². The number of sulfonamides is 1. The van der Waals surface area contributed by atoms with E-state index >= 15 is 0 Å². The molecule has 0 radical (unpaired) electrons. The zero-order valence-electron chi connectivity index (χ0n) is 11.5. The van der Waals surface area contributed by atoms with E-state index < -0.39 is 10.0 Å². The second-order valence-electron chi connectivity index (χ2n) is 5.65. The van der Waals surface area contributed by atoms with Crippen LogP contribution in [0.4, 0.5) is 0 Å². The molecule has 0 saturated heterocycles. The fraction of sp³-hybridized carbons (Fsp3) is 0.571. The van der Waals surface area contributed by atoms with Gasteiger partial charge in [-0.15, -0.1) is 0 Å². The maximum absolute atomic E-state index is 12.0. The molecule has 0 spiro atoms. The molecule has 1 aliphatic rings. The molecule has 4 nitrogen and oxygen atoms in total. The third kappa shape index (κ3) is 4.03. The van der Waals surface area contributed by atoms with Crippen molar-refractivity contribution >= 4 is 10.0 Å². The average Bonchev–Trinajstić information content (AvgIpc) is 3.12. The van der Waals surface area contributed by atoms with Crippen molar-refractivity contribution in [1.29, 1.82) is 0 Å². The first kappa shape index (κ1) is 14.5. The van der Waals surface area contributed by atoms with Gasteiger partial charge in [-0.3, -0.25) is 0 Å². The van der Waals surface area contributed by atoms with E-state index in [-0.39, 0.29) is 12.1 Å². The highest BCUT2D eigenvalue weighted by Gasteiger charge is 2.27. The van der Waals surface area contributed by atoms with Crippen molar-refractivity contribution in [3.63, 3.8) is 0 Å². The lowest BCUT2D eigenvalue weighted by molar-refractivity contribution is 0.490. The monoisotopic (exact) mass is 282 g/mol. The van der Waals surface area contributed by atoms with Crippen LogP contribution in [-0.4, -0.2) is 20.5 Å². The minimum Gasteiger partial charge on any atom is -0.327 e. The number of rotatable bonds is 6. The molecule has 1 saturated carbocycles. The smallest absolute Gasteiger partial charge is 0.240 e. The van der Waals surface area contributed by atoms with E-state index in [0.29, 0.717) is 10.8 Å². The van der Waals surface area contributed by atoms with E-state index in [1.54, 1.807) is 12.1 Å². The van der Waals surface area contributed by atoms with Crippen LogP contribution in [0.3, 0.4) is 0 Å². The summed E-state index contributed by atoms with van der Waals surface area (Å²) >= 11 is 0. The van der Waals surface area contributed by atoms with Gasteiger partial charge in [0.1, 0.15) is 0 Å². The molecule has 19 heavy (non-hydrogen) atoms. The van der Waals surface area contributed by atoms with Gasteiger partial charge in [-0.25, -0.2) is 13.1 Å². The molecule has 1 aliphatic carbocycles. The summed E-state index contributed by atoms with van der Waals surface area (Å²) in [6, 6.07) is 7.26. The van der Waals surface area contributed by atoms with Crippen molar-refractivity contribution in [3.05, 3.63) is 29.8 Å². The summed E-state index contributed by atoms with van der Waals surface area (Å²) in [6.45, 7) is 4.17. The summed E-state index contributed by atoms with van der Waals surface area (Å²) in [5, 5.41) is 0. The Morgan fingerprint density at radius 3 is 2.32 bits per heavy atom. The van der Waals surface area contributed by atoms with Gasteiger partial charge in [-0.2, -0.15) is 0 Å². The maximum Gasteiger partial charge on any atom is 0.240 e. The molecule has 0 bridgehead atoms. The number of hydrogen-bond acceptors (Lipinski definition) is 3. The maximum atomic E-state index is 12.0. The van der Waals surface area contributed by atoms with Crippen LogP contribution in [0.2, 0.25) is 0 Å². The minimum absolute atomic E-state index is 0.104. The first-order valence-electron chi connectivity index (χ1n) is 6.75. The fourth-order valence-corrected chi connectivity index (χ4v) is 3.11. The third-order valence-electron chi connectivity index (χ3n) is 3.46. The number of nitrogens with two attached hydrogens (primary N) is 1. The van der Waals surface area contributed by atoms with Crippen molar-refractivity contribution in [2.75, 3.05) is 0 Å². The number of hydrogen-bond donors (Lipinski definition) is 2. The van der Waals surface area contributed by atoms with Crippen LogP contribution >= 0.6 is 0 Å². The van der Waals surface area contributed by atoms with Crippen LogP contribution in [0.25, 0.3) is 0 Å². The summed E-state index contributed by atoms with van der Waals surface area (Å²) in [5.41, 5.74) is 7.09. The van der Waals surface area contributed by atoms with Gasteiger partial charge in [0.15, 0.2) is 0 Å². The van der Waals surface area contributed by atoms with Crippen LogP contribution in [0.15, 0.2) is 29.2 Å². The summed E-state index contributed by atoms with van der Waals surface area (Å²) in [7, 11) is -3.34. The first-order valence-corrected chi connectivity index (χ1v) is 8.23. The zero-order chi connectivity index (χ0) is 14.0. The summed E-state index contributed by atoms with van der Waals surface area (Å²) in [6.07, 6.45) is 2.66. The van der Waals surface area contributed by atoms with Gasteiger partial charge < -0.3 is 5.73 Å². The molecule has 1 unspecified atom stereocenters. The van der Waals surface area contributed by atoms with E-state index in [1.807, 2.05) is 12.1 Å². The predicted octanol–water partition coefficient (Wildman–Crippen LogP) is 1.65. The van der Waals surface area contributed by atoms with Gasteiger partial charge >= 0.3 is 0 Å². The predicted molar refractivity (Wildman–Crippen MR) is 76.3 cm³/mol. The van der Waals surface area contributed by atoms with Gasteiger partial charge in [0.25, 0.3) is 0 Å². The van der Waals surface area contributed by atoms with Gasteiger partial charge in [0.2, 0.25) is 10.0 Å². The van der Waals surface area contributed by atoms with Crippen LogP contribution in [0.5, 0.6) is 0 Å². The summed E-state index contributed by atoms with van der Waals surface area (Å²) in [5.74, 6) is 0.417. The molecular weight excluding hydrogens is 260 g/mol. The van der Waals surface area contributed by atoms with Crippen molar-refractivity contribution in [1.82, 2.24) is 4.72 Å². The molecule has 1 fully saturated rings. The largest absolute Gasteiger partial charge is 0.327 e. The molecule has 0 heterocycles. The Kier molecular flexibility index (Phi) is 4.28. The van der Waals surface area contributed by atoms with Gasteiger partial charge in [0, 0.05) is 12.1 Å². The highest BCUT2D eigenvalue weighted by Crippen LogP contribution is 2.22. The van der Waals surface area contributed by atoms with Crippen LogP contribution in [0, 0.1) is 5.92 Å². The lowest BCUT2D eigenvalue weighted by Gasteiger charge is -2.15. The molecule has 0 aromatic heterocycles. The number of nitrogens with one attached hydrogen (secondary N) is 1. The Labute approximate surface area is 115 Å². The molecule has 0 amide bonds. The third-order valence-corrected chi connectivity index (χ3v) is 5.00. The molecule has 1 aromatic rings. The van der Waals surface area contributed by atoms with E-state index in [9.17, 15) is 8.42 Å². The zero-order valence-corrected chi connectivity index (χ0v) is 12.3. The van der Waals surface area contributed by atoms with E-state index in [1.165, 1.54) is 0 Å². The molecule has 5 heteroatoms. The average molecular weight is 282 g/mol. The normalized spacial score (nSPS) is 17.7. The minimum atomic E-state index is -3.34. The van der Waals surface area contributed by atoms with Crippen LogP contribution < -0.4 is 10.5 Å². The molecular formula is C14H22N2O2S. The van der Waals surface area contributed by atoms with Crippen LogP contribution in [0.1, 0.15) is 32.3 Å². The molecule has 0 aliphatic heterocycles. The first-order chi connectivity index (χ1) is 8.88. The van der Waals surface area contributed by atoms with E-state index in [2.05, 4.69) is 18.6 Å². The highest BCUT2D eigenvalue weighted by atomic mass is 32.2. The van der Waals surface area contributed by atoms with Crippen molar-refractivity contribution in [2.24, 2.45) is 11.7 Å². The fourth-order valence-electron chi connectivity index (χ4n) is 1.80. The Hall–Kier alpha value is -0.910. The highest BCUT2D eigenvalue weighted by molar-refractivity contribution is 7.89. The SMILES string of the molecule is CC(C)C(N)Cc1ccc(S(=O)(=O)NC2CC2)cc1. The molecule has 1 aromatic carbocycles. The van der Waals surface area contributed by atoms with Crippen molar-refractivity contribution in [3.8, 4) is 0 Å². The van der Waals surface area contributed by atoms with E-state index in [4.69, 9.17) is 5.73 Å². The Bertz CT molecular complexity index is 519. The summed E-state index contributed by atoms with van der Waals surface area (Å²) < 4.78 is 26.6. The quantitative estimate of drug-likeness (QED) is 0.833. The summed E-state index contributed by atoms with van der Waals surface area (Å²) in [4.78, 5) is 0.335. The van der Waals surface area contributed by atoms with E-state index in [0.717, 1.165) is 24.8 Å². The molecule has 1 atom stereocenters. The molecule has 106 valence electrons. The Morgan fingerprint density at radius 1 is 1.26 bits per heavy atom. The Morgan fingerprint density at radius 2 is 1.84 bits per heavy atom. The van der Waals surface area contributed by atoms with Crippen molar-refractivity contribution < 1.29 is 8.42 Å². The lowest BCUT2D eigenvalue weighted by atomic mass is 9.97. The molecule has 2 rings (SSSR count). The van der Waals surface area contributed by atoms with Gasteiger partial charge in [0.05, 0.1) is 4.90 Å². The Balaban J connectivity index is 2.05. The second kappa shape index (κ2) is 5.61. The second-order valence-corrected chi connectivity index (χ2v) is 7.37. The number of benzene rings is 1. The van der Waals surface area contributed by atoms with Crippen molar-refractivity contribution in [2.45, 2.75) is 50.1 Å². The van der Waals surface area contributed by atoms with Crippen LogP contribution in [-0.2, 0) is 16.4 Å².